The van der Waals surface area contributed by atoms with Crippen LogP contribution in [0.4, 0.5) is 13.2 Å². The lowest BCUT2D eigenvalue weighted by Gasteiger charge is -2.69. The molecule has 1 N–H and O–H groups in total. The van der Waals surface area contributed by atoms with Gasteiger partial charge < -0.3 is 10.2 Å². The number of carbonyl (C=O) groups excluding carboxylic acids is 2. The topological polar surface area (TPSA) is 49.4 Å². The summed E-state index contributed by atoms with van der Waals surface area (Å²) in [5.74, 6) is 0.437. The second-order valence-electron chi connectivity index (χ2n) is 12.0. The minimum Gasteiger partial charge on any atom is -0.343 e. The first-order valence-corrected chi connectivity index (χ1v) is 10.7. The van der Waals surface area contributed by atoms with Crippen LogP contribution in [0.5, 0.6) is 0 Å². The van der Waals surface area contributed by atoms with E-state index in [0.29, 0.717) is 18.4 Å². The van der Waals surface area contributed by atoms with Gasteiger partial charge in [-0.15, -0.1) is 0 Å². The molecule has 6 fully saturated rings. The molecule has 29 heavy (non-hydrogen) atoms. The molecule has 2 heterocycles. The summed E-state index contributed by atoms with van der Waals surface area (Å²) in [6.07, 6.45) is -3.53. The molecule has 4 saturated carbocycles. The molecule has 0 aromatic carbocycles. The lowest BCUT2D eigenvalue weighted by molar-refractivity contribution is -0.351. The highest BCUT2D eigenvalue weighted by molar-refractivity contribution is 5.92. The van der Waals surface area contributed by atoms with E-state index in [1.807, 2.05) is 25.7 Å². The van der Waals surface area contributed by atoms with Crippen molar-refractivity contribution in [2.24, 2.45) is 33.5 Å². The van der Waals surface area contributed by atoms with Gasteiger partial charge in [0.05, 0.1) is 10.8 Å². The summed E-state index contributed by atoms with van der Waals surface area (Å²) in [6, 6.07) is -0.623. The number of piperidine rings is 2. The van der Waals surface area contributed by atoms with Gasteiger partial charge in [-0.1, -0.05) is 34.6 Å². The number of amides is 2. The first kappa shape index (κ1) is 21.0. The maximum Gasteiger partial charge on any atom is 0.394 e. The zero-order valence-electron chi connectivity index (χ0n) is 18.2. The molecule has 4 bridgehead atoms. The Bertz CT molecular complexity index is 732. The average Bonchev–Trinajstić information content (AvgIpc) is 2.46. The molecule has 7 heteroatoms. The Balaban J connectivity index is 1.46. The SMILES string of the molecule is C[C@@H]1[C@@H]2CC(CN1C(=O)[C@@H](NC(=O)C13CC(C(F)(F)F)(C1)C3)C(C)(C)C)C2(C)C. The van der Waals surface area contributed by atoms with Gasteiger partial charge in [-0.25, -0.2) is 0 Å². The summed E-state index contributed by atoms with van der Waals surface area (Å²) in [5.41, 5.74) is -2.89. The Morgan fingerprint density at radius 1 is 1.10 bits per heavy atom. The molecule has 0 aromatic rings. The van der Waals surface area contributed by atoms with E-state index >= 15 is 0 Å². The highest BCUT2D eigenvalue weighted by Crippen LogP contribution is 2.78. The zero-order chi connectivity index (χ0) is 21.8. The van der Waals surface area contributed by atoms with Crippen LogP contribution in [-0.2, 0) is 9.59 Å². The van der Waals surface area contributed by atoms with Gasteiger partial charge in [-0.3, -0.25) is 9.59 Å². The van der Waals surface area contributed by atoms with E-state index in [1.165, 1.54) is 0 Å². The van der Waals surface area contributed by atoms with Crippen LogP contribution >= 0.6 is 0 Å². The third-order valence-corrected chi connectivity index (χ3v) is 8.82. The number of nitrogens with zero attached hydrogens (tertiary/aromatic N) is 1. The van der Waals surface area contributed by atoms with Crippen molar-refractivity contribution in [2.75, 3.05) is 6.54 Å². The fourth-order valence-electron chi connectivity index (χ4n) is 6.52. The van der Waals surface area contributed by atoms with Crippen LogP contribution in [0.1, 0.15) is 67.2 Å². The van der Waals surface area contributed by atoms with Crippen molar-refractivity contribution in [1.82, 2.24) is 10.2 Å². The molecule has 2 aliphatic heterocycles. The van der Waals surface area contributed by atoms with Crippen molar-refractivity contribution in [3.05, 3.63) is 0 Å². The molecule has 0 aromatic heterocycles. The summed E-state index contributed by atoms with van der Waals surface area (Å²) in [7, 11) is 0. The van der Waals surface area contributed by atoms with E-state index < -0.39 is 28.5 Å². The third-order valence-electron chi connectivity index (χ3n) is 8.82. The average molecular weight is 415 g/mol. The van der Waals surface area contributed by atoms with E-state index in [2.05, 4.69) is 26.1 Å². The normalized spacial score (nSPS) is 40.9. The summed E-state index contributed by atoms with van der Waals surface area (Å²) in [5, 5.41) is 2.88. The van der Waals surface area contributed by atoms with Gasteiger partial charge in [0.25, 0.3) is 0 Å². The maximum absolute atomic E-state index is 13.5. The predicted molar refractivity (Wildman–Crippen MR) is 103 cm³/mol. The number of rotatable bonds is 3. The first-order chi connectivity index (χ1) is 13.0. The molecule has 1 unspecified atom stereocenters. The maximum atomic E-state index is 13.5. The van der Waals surface area contributed by atoms with Gasteiger partial charge in [0.1, 0.15) is 6.04 Å². The van der Waals surface area contributed by atoms with Crippen LogP contribution in [-0.4, -0.2) is 41.5 Å². The number of nitrogens with one attached hydrogen (secondary N) is 1. The van der Waals surface area contributed by atoms with Crippen molar-refractivity contribution in [1.29, 1.82) is 0 Å². The summed E-state index contributed by atoms with van der Waals surface area (Å²) < 4.78 is 39.4. The fraction of sp³-hybridized carbons (Fsp3) is 0.909. The molecule has 2 amide bonds. The van der Waals surface area contributed by atoms with E-state index in [0.717, 1.165) is 6.42 Å². The molecule has 4 nitrogen and oxygen atoms in total. The molecular formula is C22H33F3N2O2. The number of carbonyl (C=O) groups is 2. The van der Waals surface area contributed by atoms with Crippen LogP contribution < -0.4 is 5.32 Å². The smallest absolute Gasteiger partial charge is 0.343 e. The molecule has 4 atom stereocenters. The van der Waals surface area contributed by atoms with Crippen molar-refractivity contribution in [3.63, 3.8) is 0 Å². The van der Waals surface area contributed by atoms with Crippen LogP contribution in [0.25, 0.3) is 0 Å². The molecule has 0 spiro atoms. The summed E-state index contributed by atoms with van der Waals surface area (Å²) in [6.45, 7) is 13.0. The van der Waals surface area contributed by atoms with Gasteiger partial charge in [0.2, 0.25) is 11.8 Å². The van der Waals surface area contributed by atoms with Gasteiger partial charge in [0.15, 0.2) is 0 Å². The van der Waals surface area contributed by atoms with Crippen molar-refractivity contribution < 1.29 is 22.8 Å². The van der Waals surface area contributed by atoms with Crippen LogP contribution in [0.15, 0.2) is 0 Å². The molecule has 2 saturated heterocycles. The predicted octanol–water partition coefficient (Wildman–Crippen LogP) is 4.14. The zero-order valence-corrected chi connectivity index (χ0v) is 18.2. The lowest BCUT2D eigenvalue weighted by atomic mass is 9.34. The number of fused-ring (bicyclic) bond motifs is 2. The van der Waals surface area contributed by atoms with Gasteiger partial charge in [0, 0.05) is 12.6 Å². The summed E-state index contributed by atoms with van der Waals surface area (Å²) in [4.78, 5) is 28.3. The monoisotopic (exact) mass is 414 g/mol. The largest absolute Gasteiger partial charge is 0.394 e. The lowest BCUT2D eigenvalue weighted by Crippen LogP contribution is -2.74. The molecule has 6 aliphatic rings. The first-order valence-electron chi connectivity index (χ1n) is 10.7. The van der Waals surface area contributed by atoms with Gasteiger partial charge >= 0.3 is 6.18 Å². The van der Waals surface area contributed by atoms with E-state index in [4.69, 9.17) is 0 Å². The third kappa shape index (κ3) is 2.71. The van der Waals surface area contributed by atoms with Crippen LogP contribution in [0, 0.1) is 33.5 Å². The van der Waals surface area contributed by atoms with E-state index in [1.54, 1.807) is 0 Å². The Morgan fingerprint density at radius 3 is 2.07 bits per heavy atom. The van der Waals surface area contributed by atoms with Gasteiger partial charge in [-0.2, -0.15) is 13.2 Å². The number of hydrogen-bond acceptors (Lipinski definition) is 2. The Morgan fingerprint density at radius 2 is 1.66 bits per heavy atom. The molecule has 6 rings (SSSR count). The summed E-state index contributed by atoms with van der Waals surface area (Å²) >= 11 is 0. The van der Waals surface area contributed by atoms with E-state index in [-0.39, 0.29) is 42.5 Å². The van der Waals surface area contributed by atoms with E-state index in [9.17, 15) is 22.8 Å². The highest BCUT2D eigenvalue weighted by atomic mass is 19.4. The van der Waals surface area contributed by atoms with Crippen molar-refractivity contribution >= 4 is 11.8 Å². The molecule has 0 radical (unpaired) electrons. The quantitative estimate of drug-likeness (QED) is 0.755. The fourth-order valence-corrected chi connectivity index (χ4v) is 6.52. The standard InChI is InChI=1S/C22H33F3N2O2/c1-12-14-7-13(19(14,5)6)8-27(12)16(28)15(18(2,3)4)26-17(29)20-9-21(10-20,11-20)22(23,24)25/h12-15H,7-11H2,1-6H3,(H,26,29)/t12-,13?,14+,15-,20?,21?/m1/s1. The number of hydrogen-bond donors (Lipinski definition) is 1. The highest BCUT2D eigenvalue weighted by Gasteiger charge is 2.81. The second kappa shape index (κ2) is 5.70. The minimum atomic E-state index is -4.24. The Hall–Kier alpha value is -1.27. The molecule has 4 aliphatic carbocycles. The number of halogens is 3. The Labute approximate surface area is 171 Å². The molecular weight excluding hydrogens is 381 g/mol. The molecule has 164 valence electrons. The van der Waals surface area contributed by atoms with Crippen molar-refractivity contribution in [3.8, 4) is 0 Å². The van der Waals surface area contributed by atoms with Gasteiger partial charge in [-0.05, 0) is 55.3 Å². The van der Waals surface area contributed by atoms with Crippen LogP contribution in [0.2, 0.25) is 0 Å². The van der Waals surface area contributed by atoms with Crippen molar-refractivity contribution in [2.45, 2.75) is 85.5 Å². The number of alkyl halides is 3. The minimum absolute atomic E-state index is 0.0966. The Kier molecular flexibility index (Phi) is 4.12. The second-order valence-corrected chi connectivity index (χ2v) is 12.0. The van der Waals surface area contributed by atoms with Crippen LogP contribution in [0.3, 0.4) is 0 Å².